The lowest BCUT2D eigenvalue weighted by Crippen LogP contribution is -2.42. The van der Waals surface area contributed by atoms with Gasteiger partial charge in [0.15, 0.2) is 0 Å². The van der Waals surface area contributed by atoms with E-state index in [9.17, 15) is 4.79 Å². The van der Waals surface area contributed by atoms with Gasteiger partial charge in [-0.05, 0) is 50.4 Å². The number of hydrogen-bond donors (Lipinski definition) is 0. The van der Waals surface area contributed by atoms with Crippen LogP contribution in [-0.2, 0) is 9.53 Å². The van der Waals surface area contributed by atoms with Crippen molar-refractivity contribution >= 4 is 5.97 Å². The molecule has 0 aromatic rings. The standard InChI is InChI=1S/C18H30O2/c1-16(2)13-8-11-18(16,4)14(12-13)20-15(19)17(3)9-6-5-7-10-17/h13-14H,5-12H2,1-4H3. The molecule has 0 saturated heterocycles. The van der Waals surface area contributed by atoms with E-state index in [1.165, 1.54) is 32.1 Å². The van der Waals surface area contributed by atoms with Crippen molar-refractivity contribution < 1.29 is 9.53 Å². The lowest BCUT2D eigenvalue weighted by Gasteiger charge is -2.40. The monoisotopic (exact) mass is 278 g/mol. The maximum atomic E-state index is 12.7. The fourth-order valence-corrected chi connectivity index (χ4v) is 5.12. The molecule has 0 heterocycles. The Hall–Kier alpha value is -0.530. The molecule has 3 aliphatic rings. The summed E-state index contributed by atoms with van der Waals surface area (Å²) in [7, 11) is 0. The van der Waals surface area contributed by atoms with Gasteiger partial charge in [0.1, 0.15) is 6.10 Å². The molecule has 3 unspecified atom stereocenters. The Balaban J connectivity index is 1.72. The molecular weight excluding hydrogens is 248 g/mol. The molecule has 2 heteroatoms. The van der Waals surface area contributed by atoms with Crippen molar-refractivity contribution in [1.82, 2.24) is 0 Å². The van der Waals surface area contributed by atoms with Gasteiger partial charge in [-0.2, -0.15) is 0 Å². The molecule has 20 heavy (non-hydrogen) atoms. The molecule has 0 aromatic heterocycles. The minimum atomic E-state index is -0.208. The Kier molecular flexibility index (Phi) is 3.23. The smallest absolute Gasteiger partial charge is 0.312 e. The zero-order valence-corrected chi connectivity index (χ0v) is 13.6. The van der Waals surface area contributed by atoms with E-state index in [2.05, 4.69) is 27.7 Å². The Morgan fingerprint density at radius 3 is 2.15 bits per heavy atom. The second-order valence-corrected chi connectivity index (χ2v) is 8.63. The maximum Gasteiger partial charge on any atom is 0.312 e. The number of carbonyl (C=O) groups excluding carboxylic acids is 1. The lowest BCUT2D eigenvalue weighted by atomic mass is 9.70. The van der Waals surface area contributed by atoms with Crippen LogP contribution in [-0.4, -0.2) is 12.1 Å². The van der Waals surface area contributed by atoms with Crippen molar-refractivity contribution in [3.8, 4) is 0 Å². The van der Waals surface area contributed by atoms with Crippen LogP contribution in [0, 0.1) is 22.2 Å². The van der Waals surface area contributed by atoms with Gasteiger partial charge < -0.3 is 4.74 Å². The number of esters is 1. The SMILES string of the molecule is CC1(C(=O)OC2CC3CCC2(C)C3(C)C)CCCCC1. The van der Waals surface area contributed by atoms with E-state index in [-0.39, 0.29) is 22.9 Å². The highest BCUT2D eigenvalue weighted by Crippen LogP contribution is 2.66. The van der Waals surface area contributed by atoms with Gasteiger partial charge in [-0.15, -0.1) is 0 Å². The summed E-state index contributed by atoms with van der Waals surface area (Å²) in [5.41, 5.74) is 0.310. The van der Waals surface area contributed by atoms with Gasteiger partial charge in [0, 0.05) is 5.41 Å². The minimum absolute atomic E-state index is 0.0896. The van der Waals surface area contributed by atoms with Crippen molar-refractivity contribution in [2.75, 3.05) is 0 Å². The first-order chi connectivity index (χ1) is 9.30. The lowest BCUT2D eigenvalue weighted by molar-refractivity contribution is -0.170. The highest BCUT2D eigenvalue weighted by atomic mass is 16.5. The van der Waals surface area contributed by atoms with Crippen molar-refractivity contribution in [3.63, 3.8) is 0 Å². The maximum absolute atomic E-state index is 12.7. The Morgan fingerprint density at radius 1 is 1.00 bits per heavy atom. The summed E-state index contributed by atoms with van der Waals surface area (Å²) in [6.07, 6.45) is 9.45. The number of fused-ring (bicyclic) bond motifs is 2. The molecule has 0 spiro atoms. The number of ether oxygens (including phenoxy) is 1. The summed E-state index contributed by atoms with van der Waals surface area (Å²) in [6, 6.07) is 0. The Labute approximate surface area is 123 Å². The Morgan fingerprint density at radius 2 is 1.65 bits per heavy atom. The largest absolute Gasteiger partial charge is 0.461 e. The van der Waals surface area contributed by atoms with Crippen LogP contribution in [0.2, 0.25) is 0 Å². The first-order valence-corrected chi connectivity index (χ1v) is 8.51. The van der Waals surface area contributed by atoms with Crippen LogP contribution in [0.15, 0.2) is 0 Å². The van der Waals surface area contributed by atoms with E-state index in [0.29, 0.717) is 5.41 Å². The molecular formula is C18H30O2. The predicted octanol–water partition coefficient (Wildman–Crippen LogP) is 4.71. The highest BCUT2D eigenvalue weighted by Gasteiger charge is 2.63. The molecule has 2 nitrogen and oxygen atoms in total. The van der Waals surface area contributed by atoms with Gasteiger partial charge in [-0.3, -0.25) is 4.79 Å². The molecule has 2 bridgehead atoms. The van der Waals surface area contributed by atoms with Crippen LogP contribution in [0.4, 0.5) is 0 Å². The van der Waals surface area contributed by atoms with E-state index in [1.54, 1.807) is 0 Å². The van der Waals surface area contributed by atoms with Crippen LogP contribution in [0.25, 0.3) is 0 Å². The molecule has 0 aromatic carbocycles. The van der Waals surface area contributed by atoms with Crippen molar-refractivity contribution in [2.45, 2.75) is 85.2 Å². The van der Waals surface area contributed by atoms with Gasteiger partial charge >= 0.3 is 5.97 Å². The molecule has 0 aliphatic heterocycles. The third kappa shape index (κ3) is 1.86. The highest BCUT2D eigenvalue weighted by molar-refractivity contribution is 5.76. The summed E-state index contributed by atoms with van der Waals surface area (Å²) in [5, 5.41) is 0. The fourth-order valence-electron chi connectivity index (χ4n) is 5.12. The third-order valence-electron chi connectivity index (χ3n) is 7.41. The summed E-state index contributed by atoms with van der Waals surface area (Å²) in [6.45, 7) is 9.22. The molecule has 114 valence electrons. The molecule has 0 N–H and O–H groups in total. The zero-order valence-electron chi connectivity index (χ0n) is 13.6. The van der Waals surface area contributed by atoms with Crippen LogP contribution < -0.4 is 0 Å². The second kappa shape index (κ2) is 4.48. The molecule has 3 fully saturated rings. The average Bonchev–Trinajstić information content (AvgIpc) is 2.73. The van der Waals surface area contributed by atoms with Gasteiger partial charge in [0.05, 0.1) is 5.41 Å². The molecule has 0 amide bonds. The number of hydrogen-bond acceptors (Lipinski definition) is 2. The Bertz CT molecular complexity index is 406. The molecule has 3 rings (SSSR count). The zero-order chi connectivity index (χ0) is 14.6. The van der Waals surface area contributed by atoms with Gasteiger partial charge in [-0.25, -0.2) is 0 Å². The van der Waals surface area contributed by atoms with E-state index in [4.69, 9.17) is 4.74 Å². The quantitative estimate of drug-likeness (QED) is 0.683. The summed E-state index contributed by atoms with van der Waals surface area (Å²) in [5.74, 6) is 0.830. The first kappa shape index (κ1) is 14.4. The molecule has 3 aliphatic carbocycles. The van der Waals surface area contributed by atoms with Crippen LogP contribution in [0.1, 0.15) is 79.1 Å². The fraction of sp³-hybridized carbons (Fsp3) is 0.944. The minimum Gasteiger partial charge on any atom is -0.461 e. The van der Waals surface area contributed by atoms with Gasteiger partial charge in [-0.1, -0.05) is 40.0 Å². The van der Waals surface area contributed by atoms with Crippen LogP contribution in [0.5, 0.6) is 0 Å². The first-order valence-electron chi connectivity index (χ1n) is 8.51. The summed E-state index contributed by atoms with van der Waals surface area (Å²) < 4.78 is 6.09. The summed E-state index contributed by atoms with van der Waals surface area (Å²) >= 11 is 0. The van der Waals surface area contributed by atoms with E-state index in [1.807, 2.05) is 0 Å². The second-order valence-electron chi connectivity index (χ2n) is 8.63. The number of carbonyl (C=O) groups is 1. The van der Waals surface area contributed by atoms with Crippen molar-refractivity contribution in [2.24, 2.45) is 22.2 Å². The topological polar surface area (TPSA) is 26.3 Å². The normalized spacial score (nSPS) is 41.6. The third-order valence-corrected chi connectivity index (χ3v) is 7.41. The van der Waals surface area contributed by atoms with E-state index >= 15 is 0 Å². The molecule has 3 atom stereocenters. The van der Waals surface area contributed by atoms with E-state index in [0.717, 1.165) is 25.2 Å². The molecule has 0 radical (unpaired) electrons. The molecule has 3 saturated carbocycles. The summed E-state index contributed by atoms with van der Waals surface area (Å²) in [4.78, 5) is 12.7. The van der Waals surface area contributed by atoms with E-state index < -0.39 is 0 Å². The van der Waals surface area contributed by atoms with Crippen LogP contribution in [0.3, 0.4) is 0 Å². The predicted molar refractivity (Wildman–Crippen MR) is 80.3 cm³/mol. The van der Waals surface area contributed by atoms with Gasteiger partial charge in [0.2, 0.25) is 0 Å². The van der Waals surface area contributed by atoms with Crippen molar-refractivity contribution in [3.05, 3.63) is 0 Å². The van der Waals surface area contributed by atoms with Gasteiger partial charge in [0.25, 0.3) is 0 Å². The average molecular weight is 278 g/mol. The van der Waals surface area contributed by atoms with Crippen LogP contribution >= 0.6 is 0 Å². The number of rotatable bonds is 2. The van der Waals surface area contributed by atoms with Crippen molar-refractivity contribution in [1.29, 1.82) is 0 Å².